The molecular formula is C22H24N4O3. The van der Waals surface area contributed by atoms with Crippen LogP contribution in [-0.2, 0) is 9.59 Å². The van der Waals surface area contributed by atoms with Gasteiger partial charge in [-0.1, -0.05) is 30.3 Å². The normalized spacial score (nSPS) is 13.0. The van der Waals surface area contributed by atoms with Gasteiger partial charge in [-0.3, -0.25) is 14.4 Å². The van der Waals surface area contributed by atoms with Gasteiger partial charge in [0.15, 0.2) is 0 Å². The molecule has 1 heterocycles. The molecule has 2 aromatic carbocycles. The summed E-state index contributed by atoms with van der Waals surface area (Å²) in [6.07, 6.45) is 0.873. The Hall–Kier alpha value is -3.48. The number of rotatable bonds is 6. The van der Waals surface area contributed by atoms with Crippen molar-refractivity contribution in [3.05, 3.63) is 65.7 Å². The minimum absolute atomic E-state index is 0.0733. The van der Waals surface area contributed by atoms with Crippen LogP contribution < -0.4 is 5.32 Å². The summed E-state index contributed by atoms with van der Waals surface area (Å²) in [5.74, 6) is -0.524. The van der Waals surface area contributed by atoms with E-state index in [1.54, 1.807) is 38.4 Å². The second-order valence-electron chi connectivity index (χ2n) is 7.00. The Morgan fingerprint density at radius 1 is 1.00 bits per heavy atom. The molecule has 0 unspecified atom stereocenters. The molecule has 0 aromatic heterocycles. The fourth-order valence-electron chi connectivity index (χ4n) is 3.00. The van der Waals surface area contributed by atoms with Crippen LogP contribution in [0.5, 0.6) is 0 Å². The predicted molar refractivity (Wildman–Crippen MR) is 112 cm³/mol. The lowest BCUT2D eigenvalue weighted by atomic mass is 10.1. The van der Waals surface area contributed by atoms with E-state index in [4.69, 9.17) is 0 Å². The summed E-state index contributed by atoms with van der Waals surface area (Å²) in [6, 6.07) is 16.4. The molecule has 3 amide bonds. The van der Waals surface area contributed by atoms with Crippen LogP contribution in [-0.4, -0.2) is 54.0 Å². The van der Waals surface area contributed by atoms with Gasteiger partial charge >= 0.3 is 0 Å². The van der Waals surface area contributed by atoms with Crippen molar-refractivity contribution in [2.24, 2.45) is 5.10 Å². The smallest absolute Gasteiger partial charge is 0.253 e. The average Bonchev–Trinajstić information content (AvgIpc) is 3.23. The van der Waals surface area contributed by atoms with Crippen molar-refractivity contribution in [3.8, 4) is 0 Å². The summed E-state index contributed by atoms with van der Waals surface area (Å²) >= 11 is 0. The lowest BCUT2D eigenvalue weighted by Gasteiger charge is -2.12. The van der Waals surface area contributed by atoms with Crippen molar-refractivity contribution < 1.29 is 14.4 Å². The molecule has 7 heteroatoms. The summed E-state index contributed by atoms with van der Waals surface area (Å²) in [6.45, 7) is 0.534. The van der Waals surface area contributed by atoms with Crippen LogP contribution in [0.15, 0.2) is 59.7 Å². The van der Waals surface area contributed by atoms with E-state index in [0.717, 1.165) is 11.3 Å². The highest BCUT2D eigenvalue weighted by Crippen LogP contribution is 2.16. The molecule has 7 nitrogen and oxygen atoms in total. The Kier molecular flexibility index (Phi) is 6.39. The van der Waals surface area contributed by atoms with Crippen LogP contribution in [0.4, 0.5) is 5.69 Å². The van der Waals surface area contributed by atoms with Gasteiger partial charge in [0.2, 0.25) is 11.8 Å². The maximum absolute atomic E-state index is 12.4. The number of nitrogens with zero attached hydrogens (tertiary/aromatic N) is 3. The van der Waals surface area contributed by atoms with Crippen LogP contribution >= 0.6 is 0 Å². The van der Waals surface area contributed by atoms with E-state index in [-0.39, 0.29) is 30.6 Å². The summed E-state index contributed by atoms with van der Waals surface area (Å²) < 4.78 is 0. The first-order chi connectivity index (χ1) is 13.9. The Labute approximate surface area is 170 Å². The topological polar surface area (TPSA) is 82.1 Å². The fraction of sp³-hybridized carbons (Fsp3) is 0.273. The molecule has 0 saturated carbocycles. The molecule has 1 N–H and O–H groups in total. The Morgan fingerprint density at radius 3 is 2.34 bits per heavy atom. The van der Waals surface area contributed by atoms with Gasteiger partial charge in [-0.25, -0.2) is 5.01 Å². The molecule has 3 rings (SSSR count). The van der Waals surface area contributed by atoms with Crippen molar-refractivity contribution in [1.82, 2.24) is 9.91 Å². The molecule has 0 fully saturated rings. The fourth-order valence-corrected chi connectivity index (χ4v) is 3.00. The molecule has 0 bridgehead atoms. The first-order valence-electron chi connectivity index (χ1n) is 9.49. The number of amides is 3. The molecular weight excluding hydrogens is 368 g/mol. The van der Waals surface area contributed by atoms with Gasteiger partial charge in [0.25, 0.3) is 5.91 Å². The van der Waals surface area contributed by atoms with Crippen molar-refractivity contribution in [2.45, 2.75) is 19.3 Å². The predicted octanol–water partition coefficient (Wildman–Crippen LogP) is 2.74. The largest absolute Gasteiger partial charge is 0.345 e. The maximum atomic E-state index is 12.4. The van der Waals surface area contributed by atoms with Crippen molar-refractivity contribution >= 4 is 29.1 Å². The van der Waals surface area contributed by atoms with Crippen molar-refractivity contribution in [1.29, 1.82) is 0 Å². The monoisotopic (exact) mass is 392 g/mol. The van der Waals surface area contributed by atoms with E-state index in [9.17, 15) is 14.4 Å². The van der Waals surface area contributed by atoms with Crippen molar-refractivity contribution in [3.63, 3.8) is 0 Å². The zero-order valence-corrected chi connectivity index (χ0v) is 16.6. The molecule has 29 heavy (non-hydrogen) atoms. The van der Waals surface area contributed by atoms with E-state index < -0.39 is 0 Å². The quantitative estimate of drug-likeness (QED) is 0.821. The van der Waals surface area contributed by atoms with Crippen LogP contribution in [0.3, 0.4) is 0 Å². The van der Waals surface area contributed by atoms with Gasteiger partial charge < -0.3 is 10.2 Å². The Bertz CT molecular complexity index is 921. The number of nitrogens with one attached hydrogen (secondary N) is 1. The average molecular weight is 392 g/mol. The summed E-state index contributed by atoms with van der Waals surface area (Å²) in [4.78, 5) is 37.9. The summed E-state index contributed by atoms with van der Waals surface area (Å²) in [5.41, 5.74) is 3.03. The minimum atomic E-state index is -0.253. The third kappa shape index (κ3) is 5.28. The lowest BCUT2D eigenvalue weighted by molar-refractivity contribution is -0.132. The van der Waals surface area contributed by atoms with E-state index in [1.807, 2.05) is 30.3 Å². The number of hydrazone groups is 1. The van der Waals surface area contributed by atoms with Gasteiger partial charge in [0.1, 0.15) is 0 Å². The Balaban J connectivity index is 1.49. The van der Waals surface area contributed by atoms with Crippen LogP contribution in [0.25, 0.3) is 0 Å². The first kappa shape index (κ1) is 20.3. The number of hydrogen-bond donors (Lipinski definition) is 1. The van der Waals surface area contributed by atoms with Gasteiger partial charge in [0.05, 0.1) is 12.3 Å². The number of carbonyl (C=O) groups is 3. The molecule has 0 radical (unpaired) electrons. The van der Waals surface area contributed by atoms with Crippen LogP contribution in [0.1, 0.15) is 35.2 Å². The van der Waals surface area contributed by atoms with E-state index in [1.165, 1.54) is 9.91 Å². The van der Waals surface area contributed by atoms with Gasteiger partial charge in [-0.05, 0) is 29.8 Å². The number of hydrogen-bond acceptors (Lipinski definition) is 4. The Morgan fingerprint density at radius 2 is 1.69 bits per heavy atom. The number of carbonyl (C=O) groups excluding carboxylic acids is 3. The third-order valence-corrected chi connectivity index (χ3v) is 4.58. The van der Waals surface area contributed by atoms with E-state index >= 15 is 0 Å². The second-order valence-corrected chi connectivity index (χ2v) is 7.00. The lowest BCUT2D eigenvalue weighted by Crippen LogP contribution is -2.25. The van der Waals surface area contributed by atoms with E-state index in [0.29, 0.717) is 24.2 Å². The standard InChI is InChI=1S/C22H24N4O3/c1-25(2)22(29)17-8-10-18(11-9-17)23-20(27)12-13-21(28)26-15-14-19(24-26)16-6-4-3-5-7-16/h3-11H,12-15H2,1-2H3,(H,23,27). The molecule has 0 aliphatic carbocycles. The molecule has 0 spiro atoms. The number of benzene rings is 2. The molecule has 2 aromatic rings. The molecule has 0 atom stereocenters. The van der Waals surface area contributed by atoms with Crippen LogP contribution in [0, 0.1) is 0 Å². The maximum Gasteiger partial charge on any atom is 0.253 e. The zero-order valence-electron chi connectivity index (χ0n) is 16.6. The number of anilines is 1. The second kappa shape index (κ2) is 9.14. The SMILES string of the molecule is CN(C)C(=O)c1ccc(NC(=O)CCC(=O)N2CCC(c3ccccc3)=N2)cc1. The molecule has 150 valence electrons. The van der Waals surface area contributed by atoms with Crippen molar-refractivity contribution in [2.75, 3.05) is 26.0 Å². The van der Waals surface area contributed by atoms with Gasteiger partial charge in [-0.2, -0.15) is 5.10 Å². The summed E-state index contributed by atoms with van der Waals surface area (Å²) in [5, 5.41) is 8.58. The first-order valence-corrected chi connectivity index (χ1v) is 9.49. The summed E-state index contributed by atoms with van der Waals surface area (Å²) in [7, 11) is 3.37. The molecule has 1 aliphatic heterocycles. The highest BCUT2D eigenvalue weighted by molar-refractivity contribution is 6.03. The van der Waals surface area contributed by atoms with E-state index in [2.05, 4.69) is 10.4 Å². The molecule has 1 aliphatic rings. The minimum Gasteiger partial charge on any atom is -0.345 e. The van der Waals surface area contributed by atoms with Crippen LogP contribution in [0.2, 0.25) is 0 Å². The third-order valence-electron chi connectivity index (χ3n) is 4.58. The zero-order chi connectivity index (χ0) is 20.8. The highest BCUT2D eigenvalue weighted by atomic mass is 16.2. The highest BCUT2D eigenvalue weighted by Gasteiger charge is 2.22. The van der Waals surface area contributed by atoms with Gasteiger partial charge in [-0.15, -0.1) is 0 Å². The van der Waals surface area contributed by atoms with Gasteiger partial charge in [0, 0.05) is 44.6 Å². The molecule has 0 saturated heterocycles.